The van der Waals surface area contributed by atoms with E-state index in [1.807, 2.05) is 19.1 Å². The number of hydrogen-bond donors (Lipinski definition) is 2. The van der Waals surface area contributed by atoms with Crippen LogP contribution in [0, 0.1) is 0 Å². The third-order valence-electron chi connectivity index (χ3n) is 2.31. The van der Waals surface area contributed by atoms with Gasteiger partial charge in [-0.25, -0.2) is 0 Å². The Morgan fingerprint density at radius 2 is 2.47 bits per heavy atom. The highest BCUT2D eigenvalue weighted by Crippen LogP contribution is 2.05. The Bertz CT molecular complexity index is 312. The molecule has 1 amide bonds. The van der Waals surface area contributed by atoms with Gasteiger partial charge in [-0.1, -0.05) is 0 Å². The molecule has 1 rings (SSSR count). The van der Waals surface area contributed by atoms with Crippen LogP contribution in [-0.4, -0.2) is 31.7 Å². The second kappa shape index (κ2) is 7.86. The zero-order valence-corrected chi connectivity index (χ0v) is 10.1. The zero-order chi connectivity index (χ0) is 12.5. The average Bonchev–Trinajstić information content (AvgIpc) is 2.79. The van der Waals surface area contributed by atoms with Crippen molar-refractivity contribution in [2.75, 3.05) is 19.8 Å². The summed E-state index contributed by atoms with van der Waals surface area (Å²) < 4.78 is 10.3. The summed E-state index contributed by atoms with van der Waals surface area (Å²) in [6, 6.07) is 3.90. The largest absolute Gasteiger partial charge is 0.469 e. The molecule has 0 aliphatic rings. The van der Waals surface area contributed by atoms with Crippen LogP contribution in [0.15, 0.2) is 22.8 Å². The number of carbonyl (C=O) groups excluding carboxylic acids is 1. The van der Waals surface area contributed by atoms with E-state index in [2.05, 4.69) is 5.32 Å². The SMILES string of the molecule is CC(CCc1ccco1)NC(=O)COCCN. The third kappa shape index (κ3) is 6.09. The first-order chi connectivity index (χ1) is 8.22. The maximum absolute atomic E-state index is 11.4. The average molecular weight is 240 g/mol. The smallest absolute Gasteiger partial charge is 0.246 e. The Labute approximate surface area is 101 Å². The van der Waals surface area contributed by atoms with Crippen molar-refractivity contribution < 1.29 is 13.9 Å². The van der Waals surface area contributed by atoms with Crippen LogP contribution in [0.25, 0.3) is 0 Å². The quantitative estimate of drug-likeness (QED) is 0.655. The number of amides is 1. The van der Waals surface area contributed by atoms with Gasteiger partial charge in [-0.05, 0) is 25.5 Å². The molecule has 1 aromatic heterocycles. The third-order valence-corrected chi connectivity index (χ3v) is 2.31. The molecule has 17 heavy (non-hydrogen) atoms. The molecule has 5 heteroatoms. The lowest BCUT2D eigenvalue weighted by Crippen LogP contribution is -2.35. The van der Waals surface area contributed by atoms with Crippen LogP contribution in [0.2, 0.25) is 0 Å². The van der Waals surface area contributed by atoms with E-state index in [0.717, 1.165) is 18.6 Å². The lowest BCUT2D eigenvalue weighted by Gasteiger charge is -2.13. The van der Waals surface area contributed by atoms with Gasteiger partial charge < -0.3 is 20.2 Å². The number of furan rings is 1. The summed E-state index contributed by atoms with van der Waals surface area (Å²) in [5.41, 5.74) is 5.25. The van der Waals surface area contributed by atoms with Gasteiger partial charge in [-0.15, -0.1) is 0 Å². The highest BCUT2D eigenvalue weighted by molar-refractivity contribution is 5.77. The van der Waals surface area contributed by atoms with E-state index < -0.39 is 0 Å². The van der Waals surface area contributed by atoms with Gasteiger partial charge in [0.05, 0.1) is 12.9 Å². The van der Waals surface area contributed by atoms with Crippen molar-refractivity contribution in [1.82, 2.24) is 5.32 Å². The monoisotopic (exact) mass is 240 g/mol. The molecule has 0 aliphatic carbocycles. The molecule has 0 saturated heterocycles. The lowest BCUT2D eigenvalue weighted by molar-refractivity contribution is -0.126. The summed E-state index contributed by atoms with van der Waals surface area (Å²) in [6.07, 6.45) is 3.31. The molecule has 3 N–H and O–H groups in total. The summed E-state index contributed by atoms with van der Waals surface area (Å²) in [5.74, 6) is 0.830. The minimum atomic E-state index is -0.106. The van der Waals surface area contributed by atoms with E-state index in [1.165, 1.54) is 0 Å². The van der Waals surface area contributed by atoms with Gasteiger partial charge in [0.15, 0.2) is 0 Å². The Kier molecular flexibility index (Phi) is 6.35. The van der Waals surface area contributed by atoms with Crippen LogP contribution in [0.5, 0.6) is 0 Å². The van der Waals surface area contributed by atoms with Gasteiger partial charge in [0, 0.05) is 19.0 Å². The molecular formula is C12H20N2O3. The standard InChI is InChI=1S/C12H20N2O3/c1-10(4-5-11-3-2-7-17-11)14-12(15)9-16-8-6-13/h2-3,7,10H,4-6,8-9,13H2,1H3,(H,14,15). The summed E-state index contributed by atoms with van der Waals surface area (Å²) in [7, 11) is 0. The van der Waals surface area contributed by atoms with Gasteiger partial charge in [0.1, 0.15) is 12.4 Å². The number of hydrogen-bond acceptors (Lipinski definition) is 4. The molecule has 0 aromatic carbocycles. The molecular weight excluding hydrogens is 220 g/mol. The van der Waals surface area contributed by atoms with Crippen molar-refractivity contribution in [3.05, 3.63) is 24.2 Å². The molecule has 0 radical (unpaired) electrons. The van der Waals surface area contributed by atoms with E-state index in [9.17, 15) is 4.79 Å². The van der Waals surface area contributed by atoms with Crippen molar-refractivity contribution in [2.24, 2.45) is 5.73 Å². The topological polar surface area (TPSA) is 77.5 Å². The molecule has 0 aliphatic heterocycles. The maximum Gasteiger partial charge on any atom is 0.246 e. The minimum Gasteiger partial charge on any atom is -0.469 e. The molecule has 96 valence electrons. The number of carbonyl (C=O) groups is 1. The van der Waals surface area contributed by atoms with Gasteiger partial charge >= 0.3 is 0 Å². The predicted molar refractivity (Wildman–Crippen MR) is 64.5 cm³/mol. The highest BCUT2D eigenvalue weighted by Gasteiger charge is 2.08. The van der Waals surface area contributed by atoms with Crippen LogP contribution in [-0.2, 0) is 16.0 Å². The van der Waals surface area contributed by atoms with E-state index in [4.69, 9.17) is 14.9 Å². The van der Waals surface area contributed by atoms with Crippen LogP contribution in [0.1, 0.15) is 19.1 Å². The Balaban J connectivity index is 2.11. The molecule has 5 nitrogen and oxygen atoms in total. The fraction of sp³-hybridized carbons (Fsp3) is 0.583. The Morgan fingerprint density at radius 3 is 3.12 bits per heavy atom. The van der Waals surface area contributed by atoms with Crippen LogP contribution in [0.3, 0.4) is 0 Å². The number of ether oxygens (including phenoxy) is 1. The molecule has 0 spiro atoms. The molecule has 0 bridgehead atoms. The Morgan fingerprint density at radius 1 is 1.65 bits per heavy atom. The van der Waals surface area contributed by atoms with Crippen molar-refractivity contribution in [3.8, 4) is 0 Å². The first kappa shape index (κ1) is 13.7. The second-order valence-electron chi connectivity index (χ2n) is 3.93. The molecule has 0 saturated carbocycles. The summed E-state index contributed by atoms with van der Waals surface area (Å²) in [6.45, 7) is 2.88. The summed E-state index contributed by atoms with van der Waals surface area (Å²) >= 11 is 0. The van der Waals surface area contributed by atoms with Crippen molar-refractivity contribution in [3.63, 3.8) is 0 Å². The van der Waals surface area contributed by atoms with Crippen LogP contribution >= 0.6 is 0 Å². The highest BCUT2D eigenvalue weighted by atomic mass is 16.5. The number of nitrogens with two attached hydrogens (primary N) is 1. The summed E-state index contributed by atoms with van der Waals surface area (Å²) in [5, 5.41) is 2.85. The van der Waals surface area contributed by atoms with Gasteiger partial charge in [-0.2, -0.15) is 0 Å². The molecule has 1 atom stereocenters. The Hall–Kier alpha value is -1.33. The maximum atomic E-state index is 11.4. The van der Waals surface area contributed by atoms with E-state index in [1.54, 1.807) is 6.26 Å². The van der Waals surface area contributed by atoms with Crippen molar-refractivity contribution in [2.45, 2.75) is 25.8 Å². The minimum absolute atomic E-state index is 0.0717. The zero-order valence-electron chi connectivity index (χ0n) is 10.1. The summed E-state index contributed by atoms with van der Waals surface area (Å²) in [4.78, 5) is 11.4. The predicted octanol–water partition coefficient (Wildman–Crippen LogP) is 0.692. The molecule has 0 fully saturated rings. The fourth-order valence-corrected chi connectivity index (χ4v) is 1.45. The van der Waals surface area contributed by atoms with Gasteiger partial charge in [-0.3, -0.25) is 4.79 Å². The van der Waals surface area contributed by atoms with E-state index >= 15 is 0 Å². The molecule has 1 unspecified atom stereocenters. The van der Waals surface area contributed by atoms with Gasteiger partial charge in [0.2, 0.25) is 5.91 Å². The normalized spacial score (nSPS) is 12.4. The number of nitrogens with one attached hydrogen (secondary N) is 1. The van der Waals surface area contributed by atoms with Crippen molar-refractivity contribution in [1.29, 1.82) is 0 Å². The van der Waals surface area contributed by atoms with Gasteiger partial charge in [0.25, 0.3) is 0 Å². The second-order valence-corrected chi connectivity index (χ2v) is 3.93. The van der Waals surface area contributed by atoms with Crippen LogP contribution < -0.4 is 11.1 Å². The first-order valence-electron chi connectivity index (χ1n) is 5.82. The number of rotatable bonds is 8. The fourth-order valence-electron chi connectivity index (χ4n) is 1.45. The van der Waals surface area contributed by atoms with E-state index in [-0.39, 0.29) is 18.6 Å². The van der Waals surface area contributed by atoms with Crippen molar-refractivity contribution >= 4 is 5.91 Å². The van der Waals surface area contributed by atoms with E-state index in [0.29, 0.717) is 13.2 Å². The number of aryl methyl sites for hydroxylation is 1. The molecule has 1 heterocycles. The molecule has 1 aromatic rings. The van der Waals surface area contributed by atoms with Crippen LogP contribution in [0.4, 0.5) is 0 Å². The lowest BCUT2D eigenvalue weighted by atomic mass is 10.1. The first-order valence-corrected chi connectivity index (χ1v) is 5.82.